The second kappa shape index (κ2) is 8.31. The van der Waals surface area contributed by atoms with Gasteiger partial charge in [0.25, 0.3) is 5.91 Å². The standard InChI is InChI=1S/C17H19ClN2O4S/c1-4-17(2,16(22)23-3)20-15(21)13-10-25-14(19-13)9-24-12-7-5-11(18)6-8-12/h5-8,10H,4,9H2,1-3H3,(H,20,21). The van der Waals surface area contributed by atoms with Crippen LogP contribution in [0.2, 0.25) is 5.02 Å². The fourth-order valence-corrected chi connectivity index (χ4v) is 2.79. The number of hydrogen-bond acceptors (Lipinski definition) is 6. The highest BCUT2D eigenvalue weighted by Crippen LogP contribution is 2.19. The van der Waals surface area contributed by atoms with E-state index in [0.717, 1.165) is 0 Å². The first-order chi connectivity index (χ1) is 11.9. The molecule has 8 heteroatoms. The van der Waals surface area contributed by atoms with E-state index < -0.39 is 17.4 Å². The Bertz CT molecular complexity index is 747. The summed E-state index contributed by atoms with van der Waals surface area (Å²) in [5, 5.41) is 5.59. The van der Waals surface area contributed by atoms with E-state index >= 15 is 0 Å². The first-order valence-corrected chi connectivity index (χ1v) is 8.87. The number of benzene rings is 1. The SMILES string of the molecule is CCC(C)(NC(=O)c1csc(COc2ccc(Cl)cc2)n1)C(=O)OC. The van der Waals surface area contributed by atoms with E-state index in [1.807, 2.05) is 0 Å². The minimum atomic E-state index is -1.09. The molecule has 0 bridgehead atoms. The Hall–Kier alpha value is -2.12. The van der Waals surface area contributed by atoms with Crippen LogP contribution in [0.3, 0.4) is 0 Å². The number of rotatable bonds is 7. The zero-order valence-electron chi connectivity index (χ0n) is 14.2. The fourth-order valence-electron chi connectivity index (χ4n) is 1.98. The Kier molecular flexibility index (Phi) is 6.39. The average molecular weight is 383 g/mol. The number of methoxy groups -OCH3 is 1. The van der Waals surface area contributed by atoms with Crippen molar-refractivity contribution in [2.75, 3.05) is 7.11 Å². The molecule has 25 heavy (non-hydrogen) atoms. The Morgan fingerprint density at radius 3 is 2.60 bits per heavy atom. The quantitative estimate of drug-likeness (QED) is 0.742. The number of ether oxygens (including phenoxy) is 2. The number of aromatic nitrogens is 1. The molecule has 1 N–H and O–H groups in total. The number of esters is 1. The highest BCUT2D eigenvalue weighted by molar-refractivity contribution is 7.09. The number of halogens is 1. The van der Waals surface area contributed by atoms with Gasteiger partial charge in [-0.15, -0.1) is 11.3 Å². The summed E-state index contributed by atoms with van der Waals surface area (Å²) in [6.07, 6.45) is 0.405. The van der Waals surface area contributed by atoms with Crippen LogP contribution in [-0.2, 0) is 16.1 Å². The fraction of sp³-hybridized carbons (Fsp3) is 0.353. The van der Waals surface area contributed by atoms with Crippen molar-refractivity contribution in [1.29, 1.82) is 0 Å². The Morgan fingerprint density at radius 2 is 2.00 bits per heavy atom. The van der Waals surface area contributed by atoms with Crippen LogP contribution in [0.5, 0.6) is 5.75 Å². The number of nitrogens with one attached hydrogen (secondary N) is 1. The number of carbonyl (C=O) groups excluding carboxylic acids is 2. The molecule has 0 spiro atoms. The minimum Gasteiger partial charge on any atom is -0.486 e. The number of thiazole rings is 1. The molecule has 2 aromatic rings. The lowest BCUT2D eigenvalue weighted by molar-refractivity contribution is -0.147. The molecule has 0 aliphatic heterocycles. The summed E-state index contributed by atoms with van der Waals surface area (Å²) in [4.78, 5) is 28.4. The molecule has 2 rings (SSSR count). The van der Waals surface area contributed by atoms with Gasteiger partial charge in [0, 0.05) is 10.4 Å². The predicted octanol–water partition coefficient (Wildman–Crippen LogP) is 3.45. The molecule has 1 amide bonds. The van der Waals surface area contributed by atoms with Gasteiger partial charge in [-0.2, -0.15) is 0 Å². The van der Waals surface area contributed by atoms with Crippen molar-refractivity contribution in [3.05, 3.63) is 45.4 Å². The number of carbonyl (C=O) groups is 2. The van der Waals surface area contributed by atoms with E-state index in [4.69, 9.17) is 21.1 Å². The molecule has 0 saturated heterocycles. The largest absolute Gasteiger partial charge is 0.486 e. The normalized spacial score (nSPS) is 13.0. The van der Waals surface area contributed by atoms with Crippen LogP contribution in [-0.4, -0.2) is 29.5 Å². The van der Waals surface area contributed by atoms with Crippen LogP contribution < -0.4 is 10.1 Å². The molecule has 0 saturated carbocycles. The van der Waals surface area contributed by atoms with E-state index in [2.05, 4.69) is 10.3 Å². The lowest BCUT2D eigenvalue weighted by Crippen LogP contribution is -2.52. The van der Waals surface area contributed by atoms with Crippen molar-refractivity contribution in [3.8, 4) is 5.75 Å². The van der Waals surface area contributed by atoms with Gasteiger partial charge < -0.3 is 14.8 Å². The lowest BCUT2D eigenvalue weighted by atomic mass is 9.99. The molecule has 6 nitrogen and oxygen atoms in total. The molecule has 0 fully saturated rings. The lowest BCUT2D eigenvalue weighted by Gasteiger charge is -2.25. The summed E-state index contributed by atoms with van der Waals surface area (Å²) in [7, 11) is 1.29. The van der Waals surface area contributed by atoms with Crippen LogP contribution >= 0.6 is 22.9 Å². The van der Waals surface area contributed by atoms with E-state index in [-0.39, 0.29) is 12.3 Å². The molecule has 1 atom stereocenters. The van der Waals surface area contributed by atoms with Crippen LogP contribution in [0.15, 0.2) is 29.6 Å². The van der Waals surface area contributed by atoms with Gasteiger partial charge in [0.05, 0.1) is 7.11 Å². The minimum absolute atomic E-state index is 0.238. The van der Waals surface area contributed by atoms with Gasteiger partial charge in [-0.1, -0.05) is 18.5 Å². The van der Waals surface area contributed by atoms with Crippen molar-refractivity contribution in [3.63, 3.8) is 0 Å². The summed E-state index contributed by atoms with van der Waals surface area (Å²) in [6, 6.07) is 6.98. The second-order valence-electron chi connectivity index (χ2n) is 5.50. The Balaban J connectivity index is 1.98. The summed E-state index contributed by atoms with van der Waals surface area (Å²) < 4.78 is 10.3. The predicted molar refractivity (Wildman–Crippen MR) is 96.1 cm³/mol. The maximum absolute atomic E-state index is 12.3. The second-order valence-corrected chi connectivity index (χ2v) is 6.88. The van der Waals surface area contributed by atoms with Gasteiger partial charge >= 0.3 is 5.97 Å². The number of amides is 1. The van der Waals surface area contributed by atoms with Gasteiger partial charge in [0.15, 0.2) is 0 Å². The van der Waals surface area contributed by atoms with E-state index in [1.165, 1.54) is 18.4 Å². The summed E-state index contributed by atoms with van der Waals surface area (Å²) in [5.74, 6) is -0.261. The zero-order valence-corrected chi connectivity index (χ0v) is 15.7. The molecule has 134 valence electrons. The van der Waals surface area contributed by atoms with Gasteiger partial charge in [-0.25, -0.2) is 9.78 Å². The third kappa shape index (κ3) is 4.93. The van der Waals surface area contributed by atoms with Crippen molar-refractivity contribution in [2.45, 2.75) is 32.4 Å². The van der Waals surface area contributed by atoms with E-state index in [1.54, 1.807) is 43.5 Å². The van der Waals surface area contributed by atoms with E-state index in [9.17, 15) is 9.59 Å². The zero-order chi connectivity index (χ0) is 18.4. The van der Waals surface area contributed by atoms with Crippen LogP contribution in [0.4, 0.5) is 0 Å². The van der Waals surface area contributed by atoms with Crippen LogP contribution in [0, 0.1) is 0 Å². The summed E-state index contributed by atoms with van der Waals surface area (Å²) >= 11 is 7.13. The molecular formula is C17H19ClN2O4S. The summed E-state index contributed by atoms with van der Waals surface area (Å²) in [6.45, 7) is 3.65. The molecule has 0 radical (unpaired) electrons. The maximum atomic E-state index is 12.3. The highest BCUT2D eigenvalue weighted by atomic mass is 35.5. The molecule has 1 unspecified atom stereocenters. The summed E-state index contributed by atoms with van der Waals surface area (Å²) in [5.41, 5.74) is -0.849. The smallest absolute Gasteiger partial charge is 0.331 e. The molecular weight excluding hydrogens is 364 g/mol. The van der Waals surface area contributed by atoms with Crippen molar-refractivity contribution >= 4 is 34.8 Å². The third-order valence-electron chi connectivity index (χ3n) is 3.69. The number of hydrogen-bond donors (Lipinski definition) is 1. The maximum Gasteiger partial charge on any atom is 0.331 e. The molecule has 0 aliphatic rings. The first kappa shape index (κ1) is 19.2. The molecule has 1 heterocycles. The topological polar surface area (TPSA) is 77.5 Å². The third-order valence-corrected chi connectivity index (χ3v) is 4.77. The monoisotopic (exact) mass is 382 g/mol. The Labute approximate surface area is 155 Å². The molecule has 1 aromatic carbocycles. The first-order valence-electron chi connectivity index (χ1n) is 7.61. The van der Waals surface area contributed by atoms with Crippen molar-refractivity contribution in [1.82, 2.24) is 10.3 Å². The van der Waals surface area contributed by atoms with Crippen LogP contribution in [0.1, 0.15) is 35.8 Å². The van der Waals surface area contributed by atoms with Gasteiger partial charge in [0.2, 0.25) is 0 Å². The van der Waals surface area contributed by atoms with Gasteiger partial charge in [0.1, 0.15) is 28.6 Å². The van der Waals surface area contributed by atoms with Gasteiger partial charge in [-0.3, -0.25) is 4.79 Å². The van der Waals surface area contributed by atoms with Crippen molar-refractivity contribution < 1.29 is 19.1 Å². The molecule has 0 aliphatic carbocycles. The van der Waals surface area contributed by atoms with Gasteiger partial charge in [-0.05, 0) is 37.6 Å². The average Bonchev–Trinajstić information content (AvgIpc) is 3.09. The number of nitrogens with zero attached hydrogens (tertiary/aromatic N) is 1. The van der Waals surface area contributed by atoms with Crippen LogP contribution in [0.25, 0.3) is 0 Å². The van der Waals surface area contributed by atoms with Crippen molar-refractivity contribution in [2.24, 2.45) is 0 Å². The molecule has 1 aromatic heterocycles. The van der Waals surface area contributed by atoms with E-state index in [0.29, 0.717) is 22.2 Å². The Morgan fingerprint density at radius 1 is 1.32 bits per heavy atom. The highest BCUT2D eigenvalue weighted by Gasteiger charge is 2.34.